The van der Waals surface area contributed by atoms with Gasteiger partial charge in [-0.2, -0.15) is 0 Å². The SMILES string of the molecule is CCCCCCCC(O)C=CCCCCCCCC(=O)O. The van der Waals surface area contributed by atoms with Crippen LogP contribution in [-0.2, 0) is 4.79 Å². The van der Waals surface area contributed by atoms with Crippen molar-refractivity contribution < 1.29 is 15.0 Å². The largest absolute Gasteiger partial charge is 0.481 e. The van der Waals surface area contributed by atoms with Crippen LogP contribution in [-0.4, -0.2) is 22.3 Å². The van der Waals surface area contributed by atoms with E-state index < -0.39 is 5.97 Å². The second-order valence-electron chi connectivity index (χ2n) is 5.90. The maximum atomic E-state index is 10.3. The summed E-state index contributed by atoms with van der Waals surface area (Å²) < 4.78 is 0. The smallest absolute Gasteiger partial charge is 0.303 e. The minimum absolute atomic E-state index is 0.276. The maximum absolute atomic E-state index is 10.3. The molecule has 0 saturated carbocycles. The molecule has 0 aliphatic rings. The molecule has 0 radical (unpaired) electrons. The Bertz CT molecular complexity index is 261. The van der Waals surface area contributed by atoms with Crippen LogP contribution in [0.3, 0.4) is 0 Å². The third-order valence-corrected chi connectivity index (χ3v) is 3.72. The number of hydrogen-bond donors (Lipinski definition) is 2. The number of rotatable bonds is 15. The molecule has 0 aromatic carbocycles. The minimum Gasteiger partial charge on any atom is -0.481 e. The predicted molar refractivity (Wildman–Crippen MR) is 88.5 cm³/mol. The highest BCUT2D eigenvalue weighted by Crippen LogP contribution is 2.10. The molecule has 21 heavy (non-hydrogen) atoms. The van der Waals surface area contributed by atoms with E-state index in [2.05, 4.69) is 13.0 Å². The lowest BCUT2D eigenvalue weighted by molar-refractivity contribution is -0.137. The number of hydrogen-bond acceptors (Lipinski definition) is 2. The first-order valence-corrected chi connectivity index (χ1v) is 8.73. The van der Waals surface area contributed by atoms with E-state index in [1.54, 1.807) is 0 Å². The van der Waals surface area contributed by atoms with Crippen LogP contribution in [0.1, 0.15) is 90.4 Å². The molecule has 0 spiro atoms. The van der Waals surface area contributed by atoms with Gasteiger partial charge in [0, 0.05) is 6.42 Å². The maximum Gasteiger partial charge on any atom is 0.303 e. The Hall–Kier alpha value is -0.830. The molecule has 1 atom stereocenters. The molecule has 0 fully saturated rings. The van der Waals surface area contributed by atoms with Gasteiger partial charge in [-0.05, 0) is 25.7 Å². The number of allylic oxidation sites excluding steroid dienone is 1. The molecule has 0 aliphatic carbocycles. The number of carbonyl (C=O) groups is 1. The van der Waals surface area contributed by atoms with Gasteiger partial charge in [0.05, 0.1) is 6.10 Å². The fraction of sp³-hybridized carbons (Fsp3) is 0.833. The molecule has 0 heterocycles. The van der Waals surface area contributed by atoms with Crippen molar-refractivity contribution >= 4 is 5.97 Å². The standard InChI is InChI=1S/C18H34O3/c1-2-3-4-8-11-14-17(19)15-12-9-6-5-7-10-13-16-18(20)21/h12,15,17,19H,2-11,13-14,16H2,1H3,(H,20,21). The van der Waals surface area contributed by atoms with E-state index in [1.807, 2.05) is 6.08 Å². The summed E-state index contributed by atoms with van der Waals surface area (Å²) in [6.45, 7) is 2.21. The first-order valence-electron chi connectivity index (χ1n) is 8.73. The van der Waals surface area contributed by atoms with E-state index >= 15 is 0 Å². The van der Waals surface area contributed by atoms with Gasteiger partial charge >= 0.3 is 5.97 Å². The third-order valence-electron chi connectivity index (χ3n) is 3.72. The molecular weight excluding hydrogens is 264 g/mol. The van der Waals surface area contributed by atoms with Crippen LogP contribution < -0.4 is 0 Å². The van der Waals surface area contributed by atoms with E-state index in [9.17, 15) is 9.90 Å². The molecular formula is C18H34O3. The van der Waals surface area contributed by atoms with Crippen molar-refractivity contribution in [3.05, 3.63) is 12.2 Å². The number of aliphatic hydroxyl groups is 1. The van der Waals surface area contributed by atoms with E-state index in [4.69, 9.17) is 5.11 Å². The van der Waals surface area contributed by atoms with Gasteiger partial charge < -0.3 is 10.2 Å². The average molecular weight is 298 g/mol. The molecule has 0 aromatic rings. The Balaban J connectivity index is 3.28. The van der Waals surface area contributed by atoms with Crippen molar-refractivity contribution in [1.82, 2.24) is 0 Å². The summed E-state index contributed by atoms with van der Waals surface area (Å²) in [6, 6.07) is 0. The first-order chi connectivity index (χ1) is 10.2. The van der Waals surface area contributed by atoms with Crippen LogP contribution in [0, 0.1) is 0 Å². The Morgan fingerprint density at radius 3 is 2.29 bits per heavy atom. The number of aliphatic hydroxyl groups excluding tert-OH is 1. The van der Waals surface area contributed by atoms with Crippen LogP contribution in [0.5, 0.6) is 0 Å². The monoisotopic (exact) mass is 298 g/mol. The second kappa shape index (κ2) is 15.6. The van der Waals surface area contributed by atoms with Gasteiger partial charge in [0.1, 0.15) is 0 Å². The fourth-order valence-corrected chi connectivity index (χ4v) is 2.38. The van der Waals surface area contributed by atoms with Gasteiger partial charge in [-0.25, -0.2) is 0 Å². The van der Waals surface area contributed by atoms with Crippen LogP contribution in [0.15, 0.2) is 12.2 Å². The van der Waals surface area contributed by atoms with Crippen LogP contribution in [0.25, 0.3) is 0 Å². The van der Waals surface area contributed by atoms with Gasteiger partial charge in [-0.1, -0.05) is 70.4 Å². The van der Waals surface area contributed by atoms with Crippen molar-refractivity contribution in [1.29, 1.82) is 0 Å². The molecule has 0 aliphatic heterocycles. The molecule has 0 amide bonds. The summed E-state index contributed by atoms with van der Waals surface area (Å²) in [7, 11) is 0. The van der Waals surface area contributed by atoms with Gasteiger partial charge in [0.25, 0.3) is 0 Å². The number of carboxylic acid groups (broad SMARTS) is 1. The lowest BCUT2D eigenvalue weighted by Gasteiger charge is -2.05. The molecule has 3 nitrogen and oxygen atoms in total. The van der Waals surface area contributed by atoms with E-state index in [0.29, 0.717) is 6.42 Å². The molecule has 0 bridgehead atoms. The van der Waals surface area contributed by atoms with E-state index in [-0.39, 0.29) is 6.10 Å². The van der Waals surface area contributed by atoms with Crippen LogP contribution in [0.2, 0.25) is 0 Å². The molecule has 2 N–H and O–H groups in total. The van der Waals surface area contributed by atoms with Crippen molar-refractivity contribution in [3.8, 4) is 0 Å². The molecule has 3 heteroatoms. The van der Waals surface area contributed by atoms with Crippen LogP contribution >= 0.6 is 0 Å². The lowest BCUT2D eigenvalue weighted by Crippen LogP contribution is -2.01. The topological polar surface area (TPSA) is 57.5 Å². The molecule has 0 saturated heterocycles. The van der Waals surface area contributed by atoms with E-state index in [1.165, 1.54) is 25.7 Å². The molecule has 0 rings (SSSR count). The highest BCUT2D eigenvalue weighted by atomic mass is 16.4. The molecule has 0 aromatic heterocycles. The van der Waals surface area contributed by atoms with Gasteiger partial charge in [-0.15, -0.1) is 0 Å². The predicted octanol–water partition coefficient (Wildman–Crippen LogP) is 5.08. The average Bonchev–Trinajstić information content (AvgIpc) is 2.45. The minimum atomic E-state index is -0.693. The van der Waals surface area contributed by atoms with Gasteiger partial charge in [-0.3, -0.25) is 4.79 Å². The van der Waals surface area contributed by atoms with Crippen molar-refractivity contribution in [2.75, 3.05) is 0 Å². The summed E-state index contributed by atoms with van der Waals surface area (Å²) in [4.78, 5) is 10.3. The summed E-state index contributed by atoms with van der Waals surface area (Å²) in [6.07, 6.45) is 17.4. The zero-order valence-electron chi connectivity index (χ0n) is 13.7. The number of aliphatic carboxylic acids is 1. The normalized spacial score (nSPS) is 12.9. The molecule has 124 valence electrons. The molecule has 1 unspecified atom stereocenters. The first kappa shape index (κ1) is 20.2. The Morgan fingerprint density at radius 1 is 0.952 bits per heavy atom. The highest BCUT2D eigenvalue weighted by molar-refractivity contribution is 5.66. The van der Waals surface area contributed by atoms with Crippen molar-refractivity contribution in [3.63, 3.8) is 0 Å². The highest BCUT2D eigenvalue weighted by Gasteiger charge is 1.99. The van der Waals surface area contributed by atoms with Crippen LogP contribution in [0.4, 0.5) is 0 Å². The summed E-state index contributed by atoms with van der Waals surface area (Å²) in [5, 5.41) is 18.3. The zero-order valence-corrected chi connectivity index (χ0v) is 13.7. The second-order valence-corrected chi connectivity index (χ2v) is 5.90. The van der Waals surface area contributed by atoms with Crippen molar-refractivity contribution in [2.45, 2.75) is 96.5 Å². The number of carboxylic acids is 1. The fourth-order valence-electron chi connectivity index (χ4n) is 2.38. The van der Waals surface area contributed by atoms with Gasteiger partial charge in [0.2, 0.25) is 0 Å². The lowest BCUT2D eigenvalue weighted by atomic mass is 10.1. The summed E-state index contributed by atoms with van der Waals surface area (Å²) in [5.41, 5.74) is 0. The van der Waals surface area contributed by atoms with Crippen molar-refractivity contribution in [2.24, 2.45) is 0 Å². The Kier molecular flexibility index (Phi) is 14.9. The number of unbranched alkanes of at least 4 members (excludes halogenated alkanes) is 9. The third kappa shape index (κ3) is 17.1. The van der Waals surface area contributed by atoms with Gasteiger partial charge in [0.15, 0.2) is 0 Å². The Labute approximate surface area is 130 Å². The van der Waals surface area contributed by atoms with E-state index in [0.717, 1.165) is 51.4 Å². The quantitative estimate of drug-likeness (QED) is 0.327. The Morgan fingerprint density at radius 2 is 1.57 bits per heavy atom. The zero-order chi connectivity index (χ0) is 15.8. The summed E-state index contributed by atoms with van der Waals surface area (Å²) >= 11 is 0. The summed E-state index contributed by atoms with van der Waals surface area (Å²) in [5.74, 6) is -0.693.